The van der Waals surface area contributed by atoms with Crippen LogP contribution < -0.4 is 10.1 Å². The van der Waals surface area contributed by atoms with Crippen molar-refractivity contribution in [3.05, 3.63) is 63.9 Å². The first-order chi connectivity index (χ1) is 12.3. The van der Waals surface area contributed by atoms with E-state index >= 15 is 0 Å². The van der Waals surface area contributed by atoms with Crippen molar-refractivity contribution in [2.75, 3.05) is 26.2 Å². The number of hydrogen-bond acceptors (Lipinski definition) is 3. The minimum absolute atomic E-state index is 0.276. The molecule has 0 saturated carbocycles. The van der Waals surface area contributed by atoms with Gasteiger partial charge in [-0.3, -0.25) is 4.90 Å². The fourth-order valence-corrected chi connectivity index (χ4v) is 3.59. The van der Waals surface area contributed by atoms with E-state index < -0.39 is 6.36 Å². The van der Waals surface area contributed by atoms with Crippen LogP contribution in [0.15, 0.2) is 46.9 Å². The van der Waals surface area contributed by atoms with E-state index in [0.717, 1.165) is 37.3 Å². The highest BCUT2D eigenvalue weighted by atomic mass is 79.9. The molecule has 0 radical (unpaired) electrons. The Hall–Kier alpha value is -1.64. The summed E-state index contributed by atoms with van der Waals surface area (Å²) in [6.45, 7) is 3.07. The van der Waals surface area contributed by atoms with Crippen LogP contribution in [0.3, 0.4) is 0 Å². The summed E-state index contributed by atoms with van der Waals surface area (Å²) in [5.41, 5.74) is 1.50. The molecule has 1 fully saturated rings. The van der Waals surface area contributed by atoms with Crippen molar-refractivity contribution in [1.82, 2.24) is 10.2 Å². The molecular weight excluding hydrogens is 416 g/mol. The predicted octanol–water partition coefficient (Wildman–Crippen LogP) is 4.48. The van der Waals surface area contributed by atoms with Crippen molar-refractivity contribution in [2.45, 2.75) is 12.4 Å². The van der Waals surface area contributed by atoms with Gasteiger partial charge in [0.25, 0.3) is 0 Å². The molecule has 1 N–H and O–H groups in total. The van der Waals surface area contributed by atoms with E-state index in [9.17, 15) is 17.6 Å². The summed E-state index contributed by atoms with van der Waals surface area (Å²) in [7, 11) is 0. The van der Waals surface area contributed by atoms with Crippen LogP contribution in [0.25, 0.3) is 0 Å². The highest BCUT2D eigenvalue weighted by Crippen LogP contribution is 2.36. The molecule has 2 aromatic rings. The Morgan fingerprint density at radius 2 is 1.69 bits per heavy atom. The molecular formula is C18H17BrF4N2O. The average molecular weight is 433 g/mol. The van der Waals surface area contributed by atoms with Gasteiger partial charge in [0, 0.05) is 26.2 Å². The van der Waals surface area contributed by atoms with Crippen LogP contribution in [0, 0.1) is 5.82 Å². The number of rotatable bonds is 4. The lowest BCUT2D eigenvalue weighted by Crippen LogP contribution is -2.45. The molecule has 1 saturated heterocycles. The Morgan fingerprint density at radius 3 is 2.31 bits per heavy atom. The number of nitrogens with zero attached hydrogens (tertiary/aromatic N) is 1. The number of benzene rings is 2. The second-order valence-electron chi connectivity index (χ2n) is 5.95. The summed E-state index contributed by atoms with van der Waals surface area (Å²) < 4.78 is 55.5. The maximum Gasteiger partial charge on any atom is 0.573 e. The summed E-state index contributed by atoms with van der Waals surface area (Å²) in [6, 6.07) is 10.3. The highest BCUT2D eigenvalue weighted by Gasteiger charge is 2.31. The van der Waals surface area contributed by atoms with Crippen molar-refractivity contribution in [1.29, 1.82) is 0 Å². The van der Waals surface area contributed by atoms with E-state index in [1.807, 2.05) is 6.07 Å². The van der Waals surface area contributed by atoms with E-state index in [4.69, 9.17) is 0 Å². The van der Waals surface area contributed by atoms with Crippen molar-refractivity contribution < 1.29 is 22.3 Å². The fraction of sp³-hybridized carbons (Fsp3) is 0.333. The molecule has 0 aliphatic carbocycles. The zero-order valence-corrected chi connectivity index (χ0v) is 15.3. The van der Waals surface area contributed by atoms with Crippen LogP contribution in [-0.4, -0.2) is 37.4 Å². The molecule has 0 aromatic heterocycles. The Kier molecular flexibility index (Phi) is 5.84. The van der Waals surface area contributed by atoms with Gasteiger partial charge in [-0.1, -0.05) is 24.3 Å². The minimum atomic E-state index is -4.73. The van der Waals surface area contributed by atoms with Crippen LogP contribution in [0.2, 0.25) is 0 Å². The maximum absolute atomic E-state index is 14.0. The summed E-state index contributed by atoms with van der Waals surface area (Å²) >= 11 is 3.31. The molecule has 1 heterocycles. The molecule has 140 valence electrons. The Balaban J connectivity index is 1.96. The average Bonchev–Trinajstić information content (AvgIpc) is 2.60. The molecule has 3 rings (SSSR count). The van der Waals surface area contributed by atoms with Gasteiger partial charge in [0.1, 0.15) is 11.6 Å². The predicted molar refractivity (Wildman–Crippen MR) is 93.5 cm³/mol. The summed E-state index contributed by atoms with van der Waals surface area (Å²) in [5.74, 6) is -0.654. The molecule has 1 atom stereocenters. The molecule has 0 bridgehead atoms. The molecule has 0 spiro atoms. The first-order valence-electron chi connectivity index (χ1n) is 8.09. The Bertz CT molecular complexity index is 746. The van der Waals surface area contributed by atoms with Gasteiger partial charge in [-0.15, -0.1) is 13.2 Å². The van der Waals surface area contributed by atoms with E-state index in [-0.39, 0.29) is 17.6 Å². The minimum Gasteiger partial charge on any atom is -0.406 e. The molecule has 0 amide bonds. The largest absolute Gasteiger partial charge is 0.573 e. The van der Waals surface area contributed by atoms with Crippen LogP contribution in [0.5, 0.6) is 5.75 Å². The van der Waals surface area contributed by atoms with Crippen molar-refractivity contribution in [3.63, 3.8) is 0 Å². The number of halogens is 5. The second-order valence-corrected chi connectivity index (χ2v) is 6.74. The highest BCUT2D eigenvalue weighted by molar-refractivity contribution is 9.10. The molecule has 8 heteroatoms. The lowest BCUT2D eigenvalue weighted by atomic mass is 9.96. The number of nitrogens with one attached hydrogen (secondary N) is 1. The van der Waals surface area contributed by atoms with Crippen molar-refractivity contribution in [3.8, 4) is 5.75 Å². The van der Waals surface area contributed by atoms with Gasteiger partial charge in [-0.25, -0.2) is 4.39 Å². The number of hydrogen-bond donors (Lipinski definition) is 1. The third kappa shape index (κ3) is 4.55. The summed E-state index contributed by atoms with van der Waals surface area (Å²) in [6.07, 6.45) is -4.73. The van der Waals surface area contributed by atoms with E-state index in [1.165, 1.54) is 18.2 Å². The number of piperazine rings is 1. The summed E-state index contributed by atoms with van der Waals surface area (Å²) in [4.78, 5) is 2.18. The standard InChI is InChI=1S/C18H17BrF4N2O/c19-16-14(2-1-3-15(16)20)17(25-10-8-24-9-11-25)12-4-6-13(7-5-12)26-18(21,22)23/h1-7,17,24H,8-11H2/t17-/m0/s1. The zero-order chi connectivity index (χ0) is 18.7. The number of alkyl halides is 3. The van der Waals surface area contributed by atoms with Gasteiger partial charge in [0.15, 0.2) is 0 Å². The normalized spacial score (nSPS) is 17.1. The Morgan fingerprint density at radius 1 is 1.04 bits per heavy atom. The molecule has 2 aromatic carbocycles. The fourth-order valence-electron chi connectivity index (χ4n) is 3.11. The molecule has 26 heavy (non-hydrogen) atoms. The zero-order valence-electron chi connectivity index (χ0n) is 13.7. The molecule has 0 unspecified atom stereocenters. The van der Waals surface area contributed by atoms with E-state index in [0.29, 0.717) is 4.47 Å². The lowest BCUT2D eigenvalue weighted by molar-refractivity contribution is -0.274. The third-order valence-corrected chi connectivity index (χ3v) is 5.06. The van der Waals surface area contributed by atoms with Crippen LogP contribution >= 0.6 is 15.9 Å². The van der Waals surface area contributed by atoms with Crippen LogP contribution in [-0.2, 0) is 0 Å². The second kappa shape index (κ2) is 7.94. The van der Waals surface area contributed by atoms with Gasteiger partial charge in [0.05, 0.1) is 10.5 Å². The van der Waals surface area contributed by atoms with Crippen LogP contribution in [0.4, 0.5) is 17.6 Å². The first-order valence-corrected chi connectivity index (χ1v) is 8.89. The SMILES string of the molecule is Fc1cccc([C@H](c2ccc(OC(F)(F)F)cc2)N2CCNCC2)c1Br. The smallest absolute Gasteiger partial charge is 0.406 e. The van der Waals surface area contributed by atoms with E-state index in [1.54, 1.807) is 18.2 Å². The van der Waals surface area contributed by atoms with Gasteiger partial charge >= 0.3 is 6.36 Å². The van der Waals surface area contributed by atoms with Crippen molar-refractivity contribution >= 4 is 15.9 Å². The van der Waals surface area contributed by atoms with Gasteiger partial charge in [0.2, 0.25) is 0 Å². The molecule has 1 aliphatic rings. The lowest BCUT2D eigenvalue weighted by Gasteiger charge is -2.36. The Labute approximate surface area is 157 Å². The first kappa shape index (κ1) is 19.1. The molecule has 3 nitrogen and oxygen atoms in total. The molecule has 1 aliphatic heterocycles. The monoisotopic (exact) mass is 432 g/mol. The quantitative estimate of drug-likeness (QED) is 0.720. The summed E-state index contributed by atoms with van der Waals surface area (Å²) in [5, 5.41) is 3.26. The van der Waals surface area contributed by atoms with E-state index in [2.05, 4.69) is 30.9 Å². The van der Waals surface area contributed by atoms with Gasteiger partial charge < -0.3 is 10.1 Å². The number of ether oxygens (including phenoxy) is 1. The topological polar surface area (TPSA) is 24.5 Å². The van der Waals surface area contributed by atoms with Gasteiger partial charge in [-0.2, -0.15) is 0 Å². The van der Waals surface area contributed by atoms with Gasteiger partial charge in [-0.05, 0) is 45.3 Å². The van der Waals surface area contributed by atoms with Crippen molar-refractivity contribution in [2.24, 2.45) is 0 Å². The third-order valence-electron chi connectivity index (χ3n) is 4.22. The maximum atomic E-state index is 14.0. The van der Waals surface area contributed by atoms with Crippen LogP contribution in [0.1, 0.15) is 17.2 Å².